The fourth-order valence-corrected chi connectivity index (χ4v) is 6.44. The SMILES string of the molecule is CCOC(=O)C1CCC(NC2CCCCC2)=C(C(N)C(=O)NC(C(C)C)C2(C)CCCC2)C1. The first kappa shape index (κ1) is 26.1. The largest absolute Gasteiger partial charge is 0.466 e. The van der Waals surface area contributed by atoms with Crippen LogP contribution in [0.25, 0.3) is 0 Å². The third-order valence-corrected chi connectivity index (χ3v) is 8.32. The molecule has 6 nitrogen and oxygen atoms in total. The van der Waals surface area contributed by atoms with Crippen LogP contribution in [0.5, 0.6) is 0 Å². The molecule has 188 valence electrons. The lowest BCUT2D eigenvalue weighted by atomic mass is 9.75. The van der Waals surface area contributed by atoms with Crippen molar-refractivity contribution in [3.8, 4) is 0 Å². The number of ether oxygens (including phenoxy) is 1. The molecular formula is C27H47N3O3. The molecule has 3 rings (SSSR count). The van der Waals surface area contributed by atoms with Crippen molar-refractivity contribution < 1.29 is 14.3 Å². The summed E-state index contributed by atoms with van der Waals surface area (Å²) < 4.78 is 5.31. The predicted octanol–water partition coefficient (Wildman–Crippen LogP) is 4.57. The van der Waals surface area contributed by atoms with Crippen molar-refractivity contribution in [3.63, 3.8) is 0 Å². The first-order chi connectivity index (χ1) is 15.7. The maximum atomic E-state index is 13.5. The predicted molar refractivity (Wildman–Crippen MR) is 132 cm³/mol. The second-order valence-corrected chi connectivity index (χ2v) is 11.2. The standard InChI is InChI=1S/C27H47N3O3/c1-5-33-26(32)19-13-14-22(29-20-11-7-6-8-12-20)21(17-19)23(28)25(31)30-24(18(2)3)27(4)15-9-10-16-27/h18-20,23-24,29H,5-17,28H2,1-4H3,(H,30,31). The average Bonchev–Trinajstić information content (AvgIpc) is 3.24. The Labute approximate surface area is 200 Å². The number of esters is 1. The van der Waals surface area contributed by atoms with E-state index in [1.165, 1.54) is 32.1 Å². The smallest absolute Gasteiger partial charge is 0.309 e. The van der Waals surface area contributed by atoms with Crippen molar-refractivity contribution in [1.82, 2.24) is 10.6 Å². The van der Waals surface area contributed by atoms with E-state index in [0.29, 0.717) is 25.0 Å². The van der Waals surface area contributed by atoms with Gasteiger partial charge in [-0.25, -0.2) is 0 Å². The summed E-state index contributed by atoms with van der Waals surface area (Å²) in [6, 6.07) is -0.183. The van der Waals surface area contributed by atoms with Gasteiger partial charge in [0.05, 0.1) is 12.5 Å². The minimum atomic E-state index is -0.737. The number of nitrogens with two attached hydrogens (primary N) is 1. The lowest BCUT2D eigenvalue weighted by Crippen LogP contribution is -2.54. The molecule has 0 aliphatic heterocycles. The van der Waals surface area contributed by atoms with Crippen LogP contribution in [0.1, 0.15) is 105 Å². The normalized spacial score (nSPS) is 25.6. The van der Waals surface area contributed by atoms with Crippen molar-refractivity contribution in [1.29, 1.82) is 0 Å². The molecule has 1 amide bonds. The molecule has 3 unspecified atom stereocenters. The Balaban J connectivity index is 1.79. The van der Waals surface area contributed by atoms with Crippen LogP contribution >= 0.6 is 0 Å². The van der Waals surface area contributed by atoms with E-state index in [0.717, 1.165) is 49.8 Å². The van der Waals surface area contributed by atoms with Gasteiger partial charge < -0.3 is 21.1 Å². The van der Waals surface area contributed by atoms with Gasteiger partial charge in [0.2, 0.25) is 5.91 Å². The maximum absolute atomic E-state index is 13.5. The second kappa shape index (κ2) is 11.7. The molecule has 3 aliphatic rings. The highest BCUT2D eigenvalue weighted by Gasteiger charge is 2.41. The number of carbonyl (C=O) groups is 2. The van der Waals surface area contributed by atoms with Gasteiger partial charge in [-0.05, 0) is 68.8 Å². The molecule has 0 aromatic heterocycles. The minimum Gasteiger partial charge on any atom is -0.466 e. The molecule has 0 aromatic rings. The van der Waals surface area contributed by atoms with E-state index in [9.17, 15) is 9.59 Å². The summed E-state index contributed by atoms with van der Waals surface area (Å²) in [7, 11) is 0. The number of amides is 1. The van der Waals surface area contributed by atoms with E-state index < -0.39 is 6.04 Å². The Kier molecular flexibility index (Phi) is 9.25. The van der Waals surface area contributed by atoms with E-state index in [2.05, 4.69) is 31.4 Å². The van der Waals surface area contributed by atoms with Crippen LogP contribution in [0, 0.1) is 17.3 Å². The molecule has 3 atom stereocenters. The number of carbonyl (C=O) groups excluding carboxylic acids is 2. The van der Waals surface area contributed by atoms with Crippen LogP contribution < -0.4 is 16.4 Å². The van der Waals surface area contributed by atoms with Crippen LogP contribution in [0.3, 0.4) is 0 Å². The van der Waals surface area contributed by atoms with Crippen LogP contribution in [-0.2, 0) is 14.3 Å². The zero-order valence-corrected chi connectivity index (χ0v) is 21.4. The highest BCUT2D eigenvalue weighted by Crippen LogP contribution is 2.43. The molecule has 0 radical (unpaired) electrons. The number of hydrogen-bond acceptors (Lipinski definition) is 5. The van der Waals surface area contributed by atoms with Crippen LogP contribution in [0.4, 0.5) is 0 Å². The summed E-state index contributed by atoms with van der Waals surface area (Å²) in [5.74, 6) is -0.150. The number of allylic oxidation sites excluding steroid dienone is 1. The third kappa shape index (κ3) is 6.52. The van der Waals surface area contributed by atoms with Crippen LogP contribution in [0.2, 0.25) is 0 Å². The highest BCUT2D eigenvalue weighted by atomic mass is 16.5. The molecule has 33 heavy (non-hydrogen) atoms. The van der Waals surface area contributed by atoms with E-state index in [-0.39, 0.29) is 29.3 Å². The Morgan fingerprint density at radius 1 is 1.09 bits per heavy atom. The Morgan fingerprint density at radius 3 is 2.36 bits per heavy atom. The van der Waals surface area contributed by atoms with Gasteiger partial charge in [0.25, 0.3) is 0 Å². The zero-order valence-electron chi connectivity index (χ0n) is 21.4. The average molecular weight is 462 g/mol. The van der Waals surface area contributed by atoms with Gasteiger partial charge in [-0.15, -0.1) is 0 Å². The Hall–Kier alpha value is -1.56. The first-order valence-electron chi connectivity index (χ1n) is 13.5. The van der Waals surface area contributed by atoms with E-state index in [1.54, 1.807) is 0 Å². The Morgan fingerprint density at radius 2 is 1.76 bits per heavy atom. The molecule has 0 heterocycles. The number of rotatable bonds is 9. The molecule has 6 heteroatoms. The fourth-order valence-electron chi connectivity index (χ4n) is 6.44. The molecule has 0 saturated heterocycles. The first-order valence-corrected chi connectivity index (χ1v) is 13.5. The molecule has 0 spiro atoms. The maximum Gasteiger partial charge on any atom is 0.309 e. The number of hydrogen-bond donors (Lipinski definition) is 3. The molecule has 2 fully saturated rings. The van der Waals surface area contributed by atoms with Crippen molar-refractivity contribution in [2.45, 2.75) is 123 Å². The van der Waals surface area contributed by atoms with Crippen molar-refractivity contribution in [2.24, 2.45) is 23.0 Å². The monoisotopic (exact) mass is 461 g/mol. The highest BCUT2D eigenvalue weighted by molar-refractivity contribution is 5.86. The Bertz CT molecular complexity index is 705. The van der Waals surface area contributed by atoms with Crippen molar-refractivity contribution >= 4 is 11.9 Å². The summed E-state index contributed by atoms with van der Waals surface area (Å²) in [4.78, 5) is 26.0. The van der Waals surface area contributed by atoms with Crippen molar-refractivity contribution in [2.75, 3.05) is 6.61 Å². The summed E-state index contributed by atoms with van der Waals surface area (Å²) in [5, 5.41) is 7.09. The van der Waals surface area contributed by atoms with Gasteiger partial charge in [-0.2, -0.15) is 0 Å². The van der Waals surface area contributed by atoms with Gasteiger partial charge in [0.1, 0.15) is 6.04 Å². The van der Waals surface area contributed by atoms with Gasteiger partial charge >= 0.3 is 5.97 Å². The van der Waals surface area contributed by atoms with Gasteiger partial charge in [-0.3, -0.25) is 9.59 Å². The molecule has 3 aliphatic carbocycles. The molecule has 0 aromatic carbocycles. The summed E-state index contributed by atoms with van der Waals surface area (Å²) >= 11 is 0. The van der Waals surface area contributed by atoms with Crippen LogP contribution in [0.15, 0.2) is 11.3 Å². The van der Waals surface area contributed by atoms with E-state index in [1.807, 2.05) is 6.92 Å². The summed E-state index contributed by atoms with van der Waals surface area (Å²) in [5.41, 5.74) is 8.78. The zero-order chi connectivity index (χ0) is 24.0. The van der Waals surface area contributed by atoms with Crippen molar-refractivity contribution in [3.05, 3.63) is 11.3 Å². The van der Waals surface area contributed by atoms with Gasteiger partial charge in [-0.1, -0.05) is 52.9 Å². The summed E-state index contributed by atoms with van der Waals surface area (Å²) in [6.45, 7) is 8.90. The minimum absolute atomic E-state index is 0.107. The molecule has 4 N–H and O–H groups in total. The van der Waals surface area contributed by atoms with E-state index in [4.69, 9.17) is 10.5 Å². The topological polar surface area (TPSA) is 93.4 Å². The number of nitrogens with one attached hydrogen (secondary N) is 2. The lowest BCUT2D eigenvalue weighted by Gasteiger charge is -2.39. The quantitative estimate of drug-likeness (QED) is 0.437. The molecule has 2 saturated carbocycles. The fraction of sp³-hybridized carbons (Fsp3) is 0.852. The summed E-state index contributed by atoms with van der Waals surface area (Å²) in [6.07, 6.45) is 12.9. The lowest BCUT2D eigenvalue weighted by molar-refractivity contribution is -0.148. The van der Waals surface area contributed by atoms with Gasteiger partial charge in [0, 0.05) is 17.8 Å². The van der Waals surface area contributed by atoms with E-state index >= 15 is 0 Å². The van der Waals surface area contributed by atoms with Crippen LogP contribution in [-0.4, -0.2) is 36.6 Å². The molecular weight excluding hydrogens is 414 g/mol. The third-order valence-electron chi connectivity index (χ3n) is 8.32. The molecule has 0 bridgehead atoms. The second-order valence-electron chi connectivity index (χ2n) is 11.2. The van der Waals surface area contributed by atoms with Gasteiger partial charge in [0.15, 0.2) is 0 Å².